The van der Waals surface area contributed by atoms with Crippen LogP contribution in [0.1, 0.15) is 24.6 Å². The second-order valence-corrected chi connectivity index (χ2v) is 6.31. The zero-order chi connectivity index (χ0) is 14.8. The van der Waals surface area contributed by atoms with E-state index in [0.717, 1.165) is 28.9 Å². The molecule has 6 heteroatoms. The van der Waals surface area contributed by atoms with Crippen LogP contribution in [-0.2, 0) is 6.54 Å². The zero-order valence-corrected chi connectivity index (χ0v) is 13.6. The average molecular weight is 370 g/mol. The van der Waals surface area contributed by atoms with Crippen LogP contribution in [0.3, 0.4) is 0 Å². The molecule has 1 aliphatic carbocycles. The molecule has 0 amide bonds. The Balaban J connectivity index is 1.70. The number of hydrogen-bond donors (Lipinski definition) is 0. The largest absolute Gasteiger partial charge is 0.492 e. The molecule has 0 aliphatic heterocycles. The van der Waals surface area contributed by atoms with E-state index in [1.165, 1.54) is 6.07 Å². The van der Waals surface area contributed by atoms with Crippen LogP contribution in [0.4, 0.5) is 0 Å². The summed E-state index contributed by atoms with van der Waals surface area (Å²) in [6.07, 6.45) is 2.14. The van der Waals surface area contributed by atoms with E-state index in [4.69, 9.17) is 16.3 Å². The minimum atomic E-state index is -0.115. The van der Waals surface area contributed by atoms with Gasteiger partial charge >= 0.3 is 0 Å². The van der Waals surface area contributed by atoms with Crippen LogP contribution in [0.25, 0.3) is 0 Å². The Labute approximate surface area is 135 Å². The van der Waals surface area contributed by atoms with E-state index in [1.54, 1.807) is 4.57 Å². The first-order valence-electron chi connectivity index (χ1n) is 6.79. The molecule has 1 saturated carbocycles. The molecular weight excluding hydrogens is 356 g/mol. The minimum absolute atomic E-state index is 0.115. The SMILES string of the molecule is O=c1cc(Cl)nc(C2CC2)n1CCOc1ccc(Br)cc1. The van der Waals surface area contributed by atoms with Crippen molar-refractivity contribution >= 4 is 27.5 Å². The third kappa shape index (κ3) is 3.66. The Bertz CT molecular complexity index is 696. The highest BCUT2D eigenvalue weighted by molar-refractivity contribution is 9.10. The summed E-state index contributed by atoms with van der Waals surface area (Å²) < 4.78 is 8.34. The predicted molar refractivity (Wildman–Crippen MR) is 85.1 cm³/mol. The van der Waals surface area contributed by atoms with Gasteiger partial charge in [-0.2, -0.15) is 0 Å². The molecule has 110 valence electrons. The summed E-state index contributed by atoms with van der Waals surface area (Å²) in [6.45, 7) is 0.898. The summed E-state index contributed by atoms with van der Waals surface area (Å²) in [6, 6.07) is 8.96. The van der Waals surface area contributed by atoms with Crippen LogP contribution in [0.5, 0.6) is 5.75 Å². The van der Waals surface area contributed by atoms with Crippen LogP contribution in [0.15, 0.2) is 39.6 Å². The maximum absolute atomic E-state index is 12.1. The molecular formula is C15H14BrClN2O2. The van der Waals surface area contributed by atoms with Crippen molar-refractivity contribution < 1.29 is 4.74 Å². The lowest BCUT2D eigenvalue weighted by molar-refractivity contribution is 0.293. The van der Waals surface area contributed by atoms with Crippen molar-refractivity contribution in [3.05, 3.63) is 56.1 Å². The van der Waals surface area contributed by atoms with Crippen LogP contribution in [-0.4, -0.2) is 16.2 Å². The maximum Gasteiger partial charge on any atom is 0.255 e. The summed E-state index contributed by atoms with van der Waals surface area (Å²) >= 11 is 9.26. The van der Waals surface area contributed by atoms with Crippen LogP contribution >= 0.6 is 27.5 Å². The van der Waals surface area contributed by atoms with Crippen LogP contribution in [0, 0.1) is 0 Å². The van der Waals surface area contributed by atoms with Gasteiger partial charge in [0.1, 0.15) is 23.3 Å². The van der Waals surface area contributed by atoms with Crippen LogP contribution in [0.2, 0.25) is 5.15 Å². The zero-order valence-electron chi connectivity index (χ0n) is 11.3. The number of ether oxygens (including phenoxy) is 1. The molecule has 1 fully saturated rings. The minimum Gasteiger partial charge on any atom is -0.492 e. The lowest BCUT2D eigenvalue weighted by Crippen LogP contribution is -2.26. The smallest absolute Gasteiger partial charge is 0.255 e. The Morgan fingerprint density at radius 1 is 1.33 bits per heavy atom. The Hall–Kier alpha value is -1.33. The average Bonchev–Trinajstić information content (AvgIpc) is 3.27. The fourth-order valence-corrected chi connectivity index (χ4v) is 2.60. The molecule has 0 radical (unpaired) electrons. The molecule has 1 aliphatic rings. The molecule has 0 unspecified atom stereocenters. The Morgan fingerprint density at radius 3 is 2.71 bits per heavy atom. The molecule has 0 spiro atoms. The third-order valence-corrected chi connectivity index (χ3v) is 4.07. The van der Waals surface area contributed by atoms with Gasteiger partial charge < -0.3 is 4.74 Å². The molecule has 0 saturated heterocycles. The van der Waals surface area contributed by atoms with E-state index in [9.17, 15) is 4.79 Å². The molecule has 1 heterocycles. The Kier molecular flexibility index (Phi) is 4.31. The topological polar surface area (TPSA) is 44.1 Å². The Morgan fingerprint density at radius 2 is 2.05 bits per heavy atom. The van der Waals surface area contributed by atoms with Gasteiger partial charge in [0.05, 0.1) is 6.54 Å². The van der Waals surface area contributed by atoms with Crippen molar-refractivity contribution in [1.82, 2.24) is 9.55 Å². The van der Waals surface area contributed by atoms with Gasteiger partial charge in [0.2, 0.25) is 0 Å². The third-order valence-electron chi connectivity index (χ3n) is 3.35. The highest BCUT2D eigenvalue weighted by atomic mass is 79.9. The normalized spacial score (nSPS) is 14.2. The monoisotopic (exact) mass is 368 g/mol. The van der Waals surface area contributed by atoms with Gasteiger partial charge in [-0.05, 0) is 37.1 Å². The number of hydrogen-bond acceptors (Lipinski definition) is 3. The summed E-state index contributed by atoms with van der Waals surface area (Å²) in [5.74, 6) is 1.93. The van der Waals surface area contributed by atoms with Crippen molar-refractivity contribution in [1.29, 1.82) is 0 Å². The molecule has 3 rings (SSSR count). The van der Waals surface area contributed by atoms with E-state index in [1.807, 2.05) is 24.3 Å². The van der Waals surface area contributed by atoms with Crippen molar-refractivity contribution in [2.45, 2.75) is 25.3 Å². The van der Waals surface area contributed by atoms with Crippen molar-refractivity contribution in [3.63, 3.8) is 0 Å². The molecule has 0 bridgehead atoms. The van der Waals surface area contributed by atoms with E-state index >= 15 is 0 Å². The lowest BCUT2D eigenvalue weighted by atomic mass is 10.3. The predicted octanol–water partition coefficient (Wildman–Crippen LogP) is 3.62. The van der Waals surface area contributed by atoms with E-state index in [2.05, 4.69) is 20.9 Å². The molecule has 21 heavy (non-hydrogen) atoms. The first kappa shape index (κ1) is 14.6. The standard InChI is InChI=1S/C15H14BrClN2O2/c16-11-3-5-12(6-4-11)21-8-7-19-14(20)9-13(17)18-15(19)10-1-2-10/h3-6,9-10H,1-2,7-8H2. The summed E-state index contributed by atoms with van der Waals surface area (Å²) in [4.78, 5) is 16.4. The van der Waals surface area contributed by atoms with Gasteiger partial charge in [0.25, 0.3) is 5.56 Å². The molecule has 1 aromatic heterocycles. The van der Waals surface area contributed by atoms with E-state index in [-0.39, 0.29) is 10.7 Å². The second kappa shape index (κ2) is 6.20. The van der Waals surface area contributed by atoms with E-state index in [0.29, 0.717) is 19.1 Å². The lowest BCUT2D eigenvalue weighted by Gasteiger charge is -2.12. The van der Waals surface area contributed by atoms with Gasteiger partial charge in [-0.1, -0.05) is 27.5 Å². The molecule has 2 aromatic rings. The maximum atomic E-state index is 12.1. The highest BCUT2D eigenvalue weighted by Crippen LogP contribution is 2.38. The molecule has 1 aromatic carbocycles. The first-order chi connectivity index (χ1) is 10.1. The molecule has 4 nitrogen and oxygen atoms in total. The van der Waals surface area contributed by atoms with Crippen molar-refractivity contribution in [3.8, 4) is 5.75 Å². The van der Waals surface area contributed by atoms with Crippen LogP contribution < -0.4 is 10.3 Å². The van der Waals surface area contributed by atoms with Gasteiger partial charge in [0, 0.05) is 16.5 Å². The fraction of sp³-hybridized carbons (Fsp3) is 0.333. The molecule has 0 atom stereocenters. The molecule has 0 N–H and O–H groups in total. The van der Waals surface area contributed by atoms with Gasteiger partial charge in [-0.15, -0.1) is 0 Å². The number of aromatic nitrogens is 2. The fourth-order valence-electron chi connectivity index (χ4n) is 2.16. The number of rotatable bonds is 5. The van der Waals surface area contributed by atoms with Gasteiger partial charge in [-0.3, -0.25) is 9.36 Å². The summed E-state index contributed by atoms with van der Waals surface area (Å²) in [7, 11) is 0. The van der Waals surface area contributed by atoms with Gasteiger partial charge in [-0.25, -0.2) is 4.98 Å². The van der Waals surface area contributed by atoms with Crippen molar-refractivity contribution in [2.75, 3.05) is 6.61 Å². The second-order valence-electron chi connectivity index (χ2n) is 5.00. The number of halogens is 2. The van der Waals surface area contributed by atoms with Crippen molar-refractivity contribution in [2.24, 2.45) is 0 Å². The van der Waals surface area contributed by atoms with Gasteiger partial charge in [0.15, 0.2) is 0 Å². The number of benzene rings is 1. The summed E-state index contributed by atoms with van der Waals surface area (Å²) in [5, 5.41) is 0.270. The summed E-state index contributed by atoms with van der Waals surface area (Å²) in [5.41, 5.74) is -0.115. The van der Waals surface area contributed by atoms with E-state index < -0.39 is 0 Å². The highest BCUT2D eigenvalue weighted by Gasteiger charge is 2.28. The quantitative estimate of drug-likeness (QED) is 0.756. The first-order valence-corrected chi connectivity index (χ1v) is 7.96. The number of nitrogens with zero attached hydrogens (tertiary/aromatic N) is 2.